The van der Waals surface area contributed by atoms with Crippen LogP contribution in [0.4, 0.5) is 0 Å². The number of fused-ring (bicyclic) bond motifs is 3. The molecule has 96 valence electrons. The molecule has 0 radical (unpaired) electrons. The fraction of sp³-hybridized carbons (Fsp3) is 0.125. The van der Waals surface area contributed by atoms with Gasteiger partial charge in [0, 0.05) is 0 Å². The topological polar surface area (TPSA) is 0 Å². The summed E-state index contributed by atoms with van der Waals surface area (Å²) in [5.74, 6) is 0.449. The van der Waals surface area contributed by atoms with Gasteiger partial charge in [-0.1, -0.05) is 35.9 Å². The van der Waals surface area contributed by atoms with Gasteiger partial charge < -0.3 is 0 Å². The van der Waals surface area contributed by atoms with Gasteiger partial charge in [-0.25, -0.2) is 0 Å². The monoisotopic (exact) mass is 365 g/mol. The molecule has 0 aromatic heterocycles. The Kier molecular flexibility index (Phi) is 5.88. The predicted molar refractivity (Wildman–Crippen MR) is 79.1 cm³/mol. The Morgan fingerprint density at radius 2 is 1.84 bits per heavy atom. The average Bonchev–Trinajstić information content (AvgIpc) is 2.76. The van der Waals surface area contributed by atoms with E-state index in [2.05, 4.69) is 49.0 Å². The fourth-order valence-corrected chi connectivity index (χ4v) is 2.59. The van der Waals surface area contributed by atoms with Crippen LogP contribution in [0.2, 0.25) is 0 Å². The van der Waals surface area contributed by atoms with Crippen molar-refractivity contribution in [2.24, 2.45) is 0 Å². The van der Waals surface area contributed by atoms with Gasteiger partial charge in [0.15, 0.2) is 0 Å². The molecule has 3 heteroatoms. The van der Waals surface area contributed by atoms with Gasteiger partial charge in [0.25, 0.3) is 0 Å². The van der Waals surface area contributed by atoms with E-state index in [4.69, 9.17) is 17.0 Å². The number of halogens is 2. The summed E-state index contributed by atoms with van der Waals surface area (Å²) in [5, 5.41) is 0. The van der Waals surface area contributed by atoms with E-state index in [-0.39, 0.29) is 0 Å². The fourth-order valence-electron chi connectivity index (χ4n) is 2.59. The van der Waals surface area contributed by atoms with Crippen LogP contribution in [0, 0.1) is 6.07 Å². The predicted octanol–water partition coefficient (Wildman–Crippen LogP) is 5.55. The first-order valence-corrected chi connectivity index (χ1v) is 12.3. The number of allylic oxidation sites excluding steroid dienone is 1. The van der Waals surface area contributed by atoms with Crippen molar-refractivity contribution in [3.05, 3.63) is 72.3 Å². The van der Waals surface area contributed by atoms with E-state index < -0.39 is 20.8 Å². The van der Waals surface area contributed by atoms with Crippen molar-refractivity contribution in [3.8, 4) is 11.1 Å². The third-order valence-electron chi connectivity index (χ3n) is 3.27. The molecular weight excluding hydrogens is 354 g/mol. The van der Waals surface area contributed by atoms with Crippen molar-refractivity contribution < 1.29 is 20.8 Å². The maximum absolute atomic E-state index is 4.93. The molecular formula is C16H13Cl2Zr-. The zero-order valence-corrected chi connectivity index (χ0v) is 14.3. The van der Waals surface area contributed by atoms with Gasteiger partial charge in [0.05, 0.1) is 0 Å². The van der Waals surface area contributed by atoms with Crippen LogP contribution in [-0.4, -0.2) is 0 Å². The summed E-state index contributed by atoms with van der Waals surface area (Å²) in [6.07, 6.45) is 2.99. The van der Waals surface area contributed by atoms with Crippen molar-refractivity contribution in [1.82, 2.24) is 0 Å². The molecule has 0 saturated heterocycles. The van der Waals surface area contributed by atoms with Gasteiger partial charge in [0.2, 0.25) is 0 Å². The first-order valence-electron chi connectivity index (χ1n) is 6.00. The van der Waals surface area contributed by atoms with Crippen molar-refractivity contribution in [3.63, 3.8) is 0 Å². The summed E-state index contributed by atoms with van der Waals surface area (Å²) < 4.78 is 0. The minimum absolute atomic E-state index is 0.449. The molecule has 0 N–H and O–H groups in total. The van der Waals surface area contributed by atoms with E-state index in [0.717, 1.165) is 6.42 Å². The SMILES string of the molecule is C=CCC1c2[c-]cccc2-c2ccccc21.[Cl][Zr][Cl]. The first kappa shape index (κ1) is 15.0. The zero-order chi connectivity index (χ0) is 13.7. The quantitative estimate of drug-likeness (QED) is 0.482. The van der Waals surface area contributed by atoms with Crippen LogP contribution in [0.25, 0.3) is 11.1 Å². The third-order valence-corrected chi connectivity index (χ3v) is 3.27. The summed E-state index contributed by atoms with van der Waals surface area (Å²) in [6.45, 7) is 3.86. The Morgan fingerprint density at radius 1 is 1.16 bits per heavy atom. The molecule has 3 rings (SSSR count). The van der Waals surface area contributed by atoms with Crippen molar-refractivity contribution >= 4 is 17.0 Å². The van der Waals surface area contributed by atoms with Crippen molar-refractivity contribution in [1.29, 1.82) is 0 Å². The van der Waals surface area contributed by atoms with Gasteiger partial charge in [-0.2, -0.15) is 24.3 Å². The van der Waals surface area contributed by atoms with Crippen LogP contribution >= 0.6 is 17.0 Å². The van der Waals surface area contributed by atoms with Gasteiger partial charge in [0.1, 0.15) is 0 Å². The number of rotatable bonds is 2. The van der Waals surface area contributed by atoms with E-state index >= 15 is 0 Å². The second-order valence-corrected chi connectivity index (χ2v) is 7.96. The molecule has 0 aliphatic heterocycles. The van der Waals surface area contributed by atoms with E-state index in [1.165, 1.54) is 22.3 Å². The van der Waals surface area contributed by atoms with Crippen LogP contribution in [-0.2, 0) is 20.8 Å². The molecule has 0 bridgehead atoms. The zero-order valence-electron chi connectivity index (χ0n) is 10.4. The van der Waals surface area contributed by atoms with E-state index in [9.17, 15) is 0 Å². The maximum atomic E-state index is 4.93. The summed E-state index contributed by atoms with van der Waals surface area (Å²) in [6, 6.07) is 18.3. The standard InChI is InChI=1S/C16H13.2ClH.Zr/c1-2-7-12-13-8-3-5-10-15(13)16-11-6-4-9-14(12)16;;;/h2-6,8,10-12H,1,7H2;2*1H;/q-1;;;+2/p-2. The molecule has 2 aromatic rings. The van der Waals surface area contributed by atoms with Gasteiger partial charge in [-0.15, -0.1) is 17.7 Å². The van der Waals surface area contributed by atoms with Gasteiger partial charge in [-0.3, -0.25) is 0 Å². The Balaban J connectivity index is 0.000000408. The van der Waals surface area contributed by atoms with Crippen molar-refractivity contribution in [2.75, 3.05) is 0 Å². The summed E-state index contributed by atoms with van der Waals surface area (Å²) >= 11 is -0.826. The number of benzene rings is 2. The van der Waals surface area contributed by atoms with E-state index in [1.54, 1.807) is 0 Å². The van der Waals surface area contributed by atoms with Crippen LogP contribution in [0.1, 0.15) is 23.5 Å². The normalized spacial score (nSPS) is 14.7. The molecule has 19 heavy (non-hydrogen) atoms. The molecule has 0 fully saturated rings. The van der Waals surface area contributed by atoms with Gasteiger partial charge in [-0.05, 0) is 17.9 Å². The van der Waals surface area contributed by atoms with Crippen LogP contribution in [0.5, 0.6) is 0 Å². The molecule has 0 saturated carbocycles. The van der Waals surface area contributed by atoms with Crippen LogP contribution in [0.3, 0.4) is 0 Å². The Labute approximate surface area is 133 Å². The van der Waals surface area contributed by atoms with Crippen LogP contribution in [0.15, 0.2) is 55.1 Å². The molecule has 0 nitrogen and oxygen atoms in total. The van der Waals surface area contributed by atoms with Crippen molar-refractivity contribution in [2.45, 2.75) is 12.3 Å². The van der Waals surface area contributed by atoms with E-state index in [1.807, 2.05) is 12.1 Å². The second-order valence-electron chi connectivity index (χ2n) is 4.23. The molecule has 0 spiro atoms. The van der Waals surface area contributed by atoms with E-state index in [0.29, 0.717) is 5.92 Å². The summed E-state index contributed by atoms with van der Waals surface area (Å²) in [4.78, 5) is 0. The summed E-state index contributed by atoms with van der Waals surface area (Å²) in [5.41, 5.74) is 5.44. The third kappa shape index (κ3) is 3.22. The average molecular weight is 367 g/mol. The van der Waals surface area contributed by atoms with Gasteiger partial charge >= 0.3 is 37.9 Å². The molecule has 1 unspecified atom stereocenters. The number of hydrogen-bond donors (Lipinski definition) is 0. The Morgan fingerprint density at radius 3 is 2.58 bits per heavy atom. The molecule has 1 aliphatic rings. The molecule has 2 aromatic carbocycles. The molecule has 0 heterocycles. The van der Waals surface area contributed by atoms with Crippen LogP contribution < -0.4 is 0 Å². The molecule has 0 amide bonds. The Bertz CT molecular complexity index is 521. The second kappa shape index (κ2) is 7.43. The summed E-state index contributed by atoms with van der Waals surface area (Å²) in [7, 11) is 9.87. The Hall–Kier alpha value is -0.357. The minimum atomic E-state index is -0.826. The first-order chi connectivity index (χ1) is 9.33. The molecule has 1 atom stereocenters. The molecule has 1 aliphatic carbocycles. The number of hydrogen-bond acceptors (Lipinski definition) is 0.